The number of hydrazone groups is 1. The van der Waals surface area contributed by atoms with Crippen molar-refractivity contribution in [2.75, 3.05) is 0 Å². The van der Waals surface area contributed by atoms with Crippen molar-refractivity contribution in [2.45, 2.75) is 6.92 Å². The summed E-state index contributed by atoms with van der Waals surface area (Å²) < 4.78 is 0. The highest BCUT2D eigenvalue weighted by Crippen LogP contribution is 2.15. The fourth-order valence-corrected chi connectivity index (χ4v) is 1.59. The summed E-state index contributed by atoms with van der Waals surface area (Å²) in [5.74, 6) is -0.433. The number of pyridine rings is 1. The number of hydrogen-bond acceptors (Lipinski definition) is 5. The molecule has 1 aromatic carbocycles. The number of carbonyl (C=O) groups excluding carboxylic acids is 1. The van der Waals surface area contributed by atoms with Crippen LogP contribution in [-0.4, -0.2) is 22.0 Å². The van der Waals surface area contributed by atoms with E-state index in [4.69, 9.17) is 0 Å². The second-order valence-corrected chi connectivity index (χ2v) is 4.20. The van der Waals surface area contributed by atoms with E-state index in [1.807, 2.05) is 6.92 Å². The van der Waals surface area contributed by atoms with E-state index in [0.717, 1.165) is 5.69 Å². The predicted octanol–water partition coefficient (Wildman–Crippen LogP) is 2.06. The normalized spacial score (nSPS) is 10.5. The number of aromatic nitrogens is 1. The molecule has 0 fully saturated rings. The lowest BCUT2D eigenvalue weighted by molar-refractivity contribution is -0.385. The minimum Gasteiger partial charge on any atom is -0.267 e. The zero-order valence-electron chi connectivity index (χ0n) is 11.2. The highest BCUT2D eigenvalue weighted by molar-refractivity contribution is 5.95. The van der Waals surface area contributed by atoms with Gasteiger partial charge in [0.15, 0.2) is 0 Å². The standard InChI is InChI=1S/C14H12N4O3/c1-10-6-7-12(8-15-10)14(19)17-16-9-11-4-2-3-5-13(11)18(20)21/h2-9H,1H3,(H,17,19). The van der Waals surface area contributed by atoms with Gasteiger partial charge in [-0.15, -0.1) is 0 Å². The Morgan fingerprint density at radius 3 is 2.76 bits per heavy atom. The number of aryl methyl sites for hydroxylation is 1. The molecule has 2 aromatic rings. The van der Waals surface area contributed by atoms with Crippen molar-refractivity contribution in [1.82, 2.24) is 10.4 Å². The van der Waals surface area contributed by atoms with E-state index in [1.54, 1.807) is 30.3 Å². The summed E-state index contributed by atoms with van der Waals surface area (Å²) in [5, 5.41) is 14.5. The van der Waals surface area contributed by atoms with Gasteiger partial charge in [0.05, 0.1) is 22.3 Å². The van der Waals surface area contributed by atoms with Gasteiger partial charge in [0.1, 0.15) is 0 Å². The third kappa shape index (κ3) is 3.69. The van der Waals surface area contributed by atoms with Gasteiger partial charge in [-0.05, 0) is 25.1 Å². The van der Waals surface area contributed by atoms with Gasteiger partial charge in [-0.1, -0.05) is 12.1 Å². The van der Waals surface area contributed by atoms with E-state index in [9.17, 15) is 14.9 Å². The zero-order chi connectivity index (χ0) is 15.2. The molecule has 0 bridgehead atoms. The first-order valence-corrected chi connectivity index (χ1v) is 6.07. The lowest BCUT2D eigenvalue weighted by atomic mass is 10.2. The lowest BCUT2D eigenvalue weighted by Crippen LogP contribution is -2.17. The fraction of sp³-hybridized carbons (Fsp3) is 0.0714. The molecule has 0 aliphatic rings. The van der Waals surface area contributed by atoms with Gasteiger partial charge in [0.2, 0.25) is 0 Å². The highest BCUT2D eigenvalue weighted by atomic mass is 16.6. The van der Waals surface area contributed by atoms with Crippen LogP contribution in [0, 0.1) is 17.0 Å². The molecule has 0 saturated heterocycles. The monoisotopic (exact) mass is 284 g/mol. The van der Waals surface area contributed by atoms with Crippen molar-refractivity contribution in [3.05, 3.63) is 69.5 Å². The maximum atomic E-state index is 11.8. The second-order valence-electron chi connectivity index (χ2n) is 4.20. The Balaban J connectivity index is 2.07. The summed E-state index contributed by atoms with van der Waals surface area (Å²) in [6, 6.07) is 9.46. The van der Waals surface area contributed by atoms with Crippen molar-refractivity contribution in [3.63, 3.8) is 0 Å². The number of nitrogens with one attached hydrogen (secondary N) is 1. The van der Waals surface area contributed by atoms with Crippen molar-refractivity contribution in [2.24, 2.45) is 5.10 Å². The molecular formula is C14H12N4O3. The first-order chi connectivity index (χ1) is 10.1. The highest BCUT2D eigenvalue weighted by Gasteiger charge is 2.10. The first-order valence-electron chi connectivity index (χ1n) is 6.07. The molecule has 1 N–H and O–H groups in total. The van der Waals surface area contributed by atoms with Crippen molar-refractivity contribution in [3.8, 4) is 0 Å². The van der Waals surface area contributed by atoms with Gasteiger partial charge in [0, 0.05) is 18.0 Å². The molecule has 1 amide bonds. The predicted molar refractivity (Wildman–Crippen MR) is 77.1 cm³/mol. The van der Waals surface area contributed by atoms with E-state index in [2.05, 4.69) is 15.5 Å². The average Bonchev–Trinajstić information content (AvgIpc) is 2.48. The van der Waals surface area contributed by atoms with Crippen LogP contribution >= 0.6 is 0 Å². The number of carbonyl (C=O) groups is 1. The van der Waals surface area contributed by atoms with Crippen molar-refractivity contribution < 1.29 is 9.72 Å². The molecule has 7 nitrogen and oxygen atoms in total. The van der Waals surface area contributed by atoms with Crippen molar-refractivity contribution >= 4 is 17.8 Å². The molecule has 0 aliphatic carbocycles. The maximum absolute atomic E-state index is 11.8. The summed E-state index contributed by atoms with van der Waals surface area (Å²) in [6.07, 6.45) is 2.67. The second kappa shape index (κ2) is 6.38. The molecule has 0 unspecified atom stereocenters. The number of hydrogen-bond donors (Lipinski definition) is 1. The van der Waals surface area contributed by atoms with Gasteiger partial charge < -0.3 is 0 Å². The van der Waals surface area contributed by atoms with Crippen LogP contribution in [0.5, 0.6) is 0 Å². The summed E-state index contributed by atoms with van der Waals surface area (Å²) >= 11 is 0. The van der Waals surface area contributed by atoms with Gasteiger partial charge in [-0.25, -0.2) is 5.43 Å². The van der Waals surface area contributed by atoms with Crippen LogP contribution in [0.2, 0.25) is 0 Å². The van der Waals surface area contributed by atoms with E-state index in [-0.39, 0.29) is 5.69 Å². The molecule has 0 radical (unpaired) electrons. The first kappa shape index (κ1) is 14.3. The van der Waals surface area contributed by atoms with Crippen molar-refractivity contribution in [1.29, 1.82) is 0 Å². The Bertz CT molecular complexity index is 696. The van der Waals surface area contributed by atoms with Crippen LogP contribution in [0.1, 0.15) is 21.6 Å². The molecule has 0 atom stereocenters. The van der Waals surface area contributed by atoms with E-state index >= 15 is 0 Å². The number of nitro groups is 1. The number of benzene rings is 1. The van der Waals surface area contributed by atoms with Crippen LogP contribution in [0.15, 0.2) is 47.7 Å². The number of amides is 1. The molecule has 0 spiro atoms. The van der Waals surface area contributed by atoms with E-state index in [0.29, 0.717) is 11.1 Å². The Morgan fingerprint density at radius 2 is 2.10 bits per heavy atom. The smallest absolute Gasteiger partial charge is 0.267 e. The Labute approximate surface area is 120 Å². The van der Waals surface area contributed by atoms with E-state index in [1.165, 1.54) is 18.5 Å². The lowest BCUT2D eigenvalue weighted by Gasteiger charge is -2.00. The molecule has 2 rings (SSSR count). The minimum absolute atomic E-state index is 0.0764. The summed E-state index contributed by atoms with van der Waals surface area (Å²) in [4.78, 5) is 26.1. The quantitative estimate of drug-likeness (QED) is 0.528. The molecule has 21 heavy (non-hydrogen) atoms. The average molecular weight is 284 g/mol. The third-order valence-electron chi connectivity index (χ3n) is 2.68. The van der Waals surface area contributed by atoms with Gasteiger partial charge in [0.25, 0.3) is 11.6 Å². The van der Waals surface area contributed by atoms with Gasteiger partial charge in [-0.2, -0.15) is 5.10 Å². The number of para-hydroxylation sites is 1. The van der Waals surface area contributed by atoms with E-state index < -0.39 is 10.8 Å². The number of rotatable bonds is 4. The van der Waals surface area contributed by atoms with Gasteiger partial charge in [-0.3, -0.25) is 19.9 Å². The maximum Gasteiger partial charge on any atom is 0.278 e. The minimum atomic E-state index is -0.507. The Morgan fingerprint density at radius 1 is 1.33 bits per heavy atom. The summed E-state index contributed by atoms with van der Waals surface area (Å²) in [7, 11) is 0. The summed E-state index contributed by atoms with van der Waals surface area (Å²) in [6.45, 7) is 1.81. The van der Waals surface area contributed by atoms with Crippen LogP contribution in [0.3, 0.4) is 0 Å². The topological polar surface area (TPSA) is 97.5 Å². The molecule has 1 heterocycles. The zero-order valence-corrected chi connectivity index (χ0v) is 11.2. The van der Waals surface area contributed by atoms with Crippen LogP contribution in [-0.2, 0) is 0 Å². The number of nitro benzene ring substituents is 1. The van der Waals surface area contributed by atoms with Crippen LogP contribution in [0.4, 0.5) is 5.69 Å². The Hall–Kier alpha value is -3.09. The summed E-state index contributed by atoms with van der Waals surface area (Å²) in [5.41, 5.74) is 3.70. The largest absolute Gasteiger partial charge is 0.278 e. The fourth-order valence-electron chi connectivity index (χ4n) is 1.59. The molecule has 0 saturated carbocycles. The molecular weight excluding hydrogens is 272 g/mol. The molecule has 7 heteroatoms. The molecule has 106 valence electrons. The van der Waals surface area contributed by atoms with Crippen LogP contribution < -0.4 is 5.43 Å². The number of nitrogens with zero attached hydrogens (tertiary/aromatic N) is 3. The van der Waals surface area contributed by atoms with Crippen LogP contribution in [0.25, 0.3) is 0 Å². The molecule has 0 aliphatic heterocycles. The van der Waals surface area contributed by atoms with Gasteiger partial charge >= 0.3 is 0 Å². The Kier molecular flexibility index (Phi) is 4.35. The third-order valence-corrected chi connectivity index (χ3v) is 2.68. The SMILES string of the molecule is Cc1ccc(C(=O)NN=Cc2ccccc2[N+](=O)[O-])cn1. The molecule has 1 aromatic heterocycles.